The first-order valence-corrected chi connectivity index (χ1v) is 8.39. The topological polar surface area (TPSA) is 34.2 Å². The van der Waals surface area contributed by atoms with Gasteiger partial charge in [-0.3, -0.25) is 0 Å². The molecule has 1 aromatic heterocycles. The molecule has 4 heteroatoms. The number of aromatic nitrogens is 1. The quantitative estimate of drug-likeness (QED) is 0.721. The van der Waals surface area contributed by atoms with Gasteiger partial charge in [0.2, 0.25) is 0 Å². The summed E-state index contributed by atoms with van der Waals surface area (Å²) in [5.41, 5.74) is 4.00. The first kappa shape index (κ1) is 15.5. The second-order valence-corrected chi connectivity index (χ2v) is 7.49. The number of nitrogens with one attached hydrogen (secondary N) is 1. The molecule has 122 valence electrons. The lowest BCUT2D eigenvalue weighted by Crippen LogP contribution is -2.41. The van der Waals surface area contributed by atoms with Crippen molar-refractivity contribution >= 4 is 23.5 Å². The second-order valence-electron chi connectivity index (χ2n) is 7.49. The molecule has 0 aliphatic carbocycles. The minimum absolute atomic E-state index is 0.309. The average molecular weight is 319 g/mol. The number of hydrogen-bond acceptors (Lipinski definition) is 2. The lowest BCUT2D eigenvalue weighted by atomic mass is 9.78. The van der Waals surface area contributed by atoms with E-state index in [1.807, 2.05) is 6.20 Å². The summed E-state index contributed by atoms with van der Waals surface area (Å²) in [5, 5.41) is 1.22. The Kier molecular flexibility index (Phi) is 3.38. The van der Waals surface area contributed by atoms with Gasteiger partial charge < -0.3 is 14.3 Å². The number of aromatic amines is 1. The van der Waals surface area contributed by atoms with E-state index >= 15 is 0 Å². The maximum absolute atomic E-state index is 6.12. The fourth-order valence-electron chi connectivity index (χ4n) is 3.04. The molecule has 0 saturated carbocycles. The van der Waals surface area contributed by atoms with Gasteiger partial charge in [0, 0.05) is 11.7 Å². The standard InChI is InChI=1S/C20H22BNO2/c1-19(2)20(3,4)24-21(23-19)17-8-5-14(6-9-17)15-7-10-18-16(13-15)11-12-22-18/h5-13,22H,1-4H3. The fourth-order valence-corrected chi connectivity index (χ4v) is 3.04. The van der Waals surface area contributed by atoms with Crippen molar-refractivity contribution in [2.45, 2.75) is 38.9 Å². The van der Waals surface area contributed by atoms with Gasteiger partial charge in [-0.2, -0.15) is 0 Å². The molecule has 1 N–H and O–H groups in total. The Labute approximate surface area is 143 Å². The predicted octanol–water partition coefficient (Wildman–Crippen LogP) is 4.13. The normalized spacial score (nSPS) is 19.1. The molecule has 0 unspecified atom stereocenters. The summed E-state index contributed by atoms with van der Waals surface area (Å²) in [5.74, 6) is 0. The number of rotatable bonds is 2. The van der Waals surface area contributed by atoms with Crippen molar-refractivity contribution in [1.29, 1.82) is 0 Å². The Hall–Kier alpha value is -2.04. The Morgan fingerprint density at radius 2 is 1.42 bits per heavy atom. The van der Waals surface area contributed by atoms with Crippen molar-refractivity contribution in [2.24, 2.45) is 0 Å². The maximum Gasteiger partial charge on any atom is 0.494 e. The van der Waals surface area contributed by atoms with Gasteiger partial charge in [0.25, 0.3) is 0 Å². The summed E-state index contributed by atoms with van der Waals surface area (Å²) >= 11 is 0. The van der Waals surface area contributed by atoms with Crippen LogP contribution >= 0.6 is 0 Å². The molecule has 1 fully saturated rings. The van der Waals surface area contributed by atoms with E-state index in [1.54, 1.807) is 0 Å². The highest BCUT2D eigenvalue weighted by Gasteiger charge is 2.51. The number of H-pyrrole nitrogens is 1. The van der Waals surface area contributed by atoms with Gasteiger partial charge >= 0.3 is 7.12 Å². The summed E-state index contributed by atoms with van der Waals surface area (Å²) in [6, 6.07) is 17.0. The van der Waals surface area contributed by atoms with Crippen molar-refractivity contribution in [3.8, 4) is 11.1 Å². The molecule has 0 amide bonds. The van der Waals surface area contributed by atoms with Gasteiger partial charge in [-0.25, -0.2) is 0 Å². The van der Waals surface area contributed by atoms with Crippen LogP contribution in [0.1, 0.15) is 27.7 Å². The molecule has 0 atom stereocenters. The summed E-state index contributed by atoms with van der Waals surface area (Å²) < 4.78 is 12.2. The van der Waals surface area contributed by atoms with Crippen LogP contribution in [0.25, 0.3) is 22.0 Å². The molecule has 3 nitrogen and oxygen atoms in total. The molecule has 2 heterocycles. The Morgan fingerprint density at radius 3 is 2.08 bits per heavy atom. The summed E-state index contributed by atoms with van der Waals surface area (Å²) in [6.07, 6.45) is 1.97. The van der Waals surface area contributed by atoms with Crippen LogP contribution in [0.15, 0.2) is 54.7 Å². The molecule has 1 saturated heterocycles. The van der Waals surface area contributed by atoms with E-state index in [-0.39, 0.29) is 18.3 Å². The van der Waals surface area contributed by atoms with E-state index in [9.17, 15) is 0 Å². The SMILES string of the molecule is CC1(C)OB(c2ccc(-c3ccc4[nH]ccc4c3)cc2)OC1(C)C. The molecular formula is C20H22BNO2. The number of fused-ring (bicyclic) bond motifs is 1. The zero-order valence-electron chi connectivity index (χ0n) is 14.6. The molecular weight excluding hydrogens is 297 g/mol. The Balaban J connectivity index is 1.61. The highest BCUT2D eigenvalue weighted by Crippen LogP contribution is 2.36. The van der Waals surface area contributed by atoms with Gasteiger partial charge in [-0.15, -0.1) is 0 Å². The third-order valence-electron chi connectivity index (χ3n) is 5.32. The van der Waals surface area contributed by atoms with Crippen molar-refractivity contribution in [1.82, 2.24) is 4.98 Å². The highest BCUT2D eigenvalue weighted by atomic mass is 16.7. The van der Waals surface area contributed by atoms with Gasteiger partial charge in [0.15, 0.2) is 0 Å². The van der Waals surface area contributed by atoms with Gasteiger partial charge in [0.1, 0.15) is 0 Å². The van der Waals surface area contributed by atoms with E-state index < -0.39 is 0 Å². The zero-order chi connectivity index (χ0) is 16.9. The molecule has 1 aliphatic rings. The molecule has 0 bridgehead atoms. The van der Waals surface area contributed by atoms with Crippen molar-refractivity contribution in [3.05, 3.63) is 54.7 Å². The van der Waals surface area contributed by atoms with E-state index in [4.69, 9.17) is 9.31 Å². The highest BCUT2D eigenvalue weighted by molar-refractivity contribution is 6.62. The summed E-state index contributed by atoms with van der Waals surface area (Å²) in [6.45, 7) is 8.31. The van der Waals surface area contributed by atoms with E-state index in [2.05, 4.69) is 81.2 Å². The van der Waals surface area contributed by atoms with Crippen LogP contribution < -0.4 is 5.46 Å². The molecule has 0 radical (unpaired) electrons. The fraction of sp³-hybridized carbons (Fsp3) is 0.300. The van der Waals surface area contributed by atoms with Crippen LogP contribution in [0.5, 0.6) is 0 Å². The first-order valence-electron chi connectivity index (χ1n) is 8.39. The third-order valence-corrected chi connectivity index (χ3v) is 5.32. The molecule has 4 rings (SSSR count). The Bertz CT molecular complexity index is 864. The van der Waals surface area contributed by atoms with Crippen LogP contribution in [0.4, 0.5) is 0 Å². The molecule has 3 aromatic rings. The summed E-state index contributed by atoms with van der Waals surface area (Å²) in [7, 11) is -0.309. The van der Waals surface area contributed by atoms with E-state index in [0.717, 1.165) is 11.0 Å². The largest absolute Gasteiger partial charge is 0.494 e. The van der Waals surface area contributed by atoms with Crippen molar-refractivity contribution < 1.29 is 9.31 Å². The van der Waals surface area contributed by atoms with Crippen LogP contribution in [0.3, 0.4) is 0 Å². The van der Waals surface area contributed by atoms with Crippen LogP contribution in [-0.4, -0.2) is 23.3 Å². The zero-order valence-corrected chi connectivity index (χ0v) is 14.6. The van der Waals surface area contributed by atoms with Crippen LogP contribution in [0, 0.1) is 0 Å². The summed E-state index contributed by atoms with van der Waals surface area (Å²) in [4.78, 5) is 3.23. The minimum Gasteiger partial charge on any atom is -0.399 e. The Morgan fingerprint density at radius 1 is 0.792 bits per heavy atom. The lowest BCUT2D eigenvalue weighted by molar-refractivity contribution is 0.00578. The second kappa shape index (κ2) is 5.23. The smallest absolute Gasteiger partial charge is 0.399 e. The van der Waals surface area contributed by atoms with Crippen molar-refractivity contribution in [2.75, 3.05) is 0 Å². The van der Waals surface area contributed by atoms with Crippen LogP contribution in [-0.2, 0) is 9.31 Å². The predicted molar refractivity (Wildman–Crippen MR) is 99.5 cm³/mol. The third kappa shape index (κ3) is 2.47. The monoisotopic (exact) mass is 319 g/mol. The lowest BCUT2D eigenvalue weighted by Gasteiger charge is -2.32. The number of hydrogen-bond donors (Lipinski definition) is 1. The number of benzene rings is 2. The minimum atomic E-state index is -0.310. The van der Waals surface area contributed by atoms with Crippen LogP contribution in [0.2, 0.25) is 0 Å². The van der Waals surface area contributed by atoms with Gasteiger partial charge in [0.05, 0.1) is 11.2 Å². The average Bonchev–Trinajstić information content (AvgIpc) is 3.09. The van der Waals surface area contributed by atoms with E-state index in [0.29, 0.717) is 0 Å². The van der Waals surface area contributed by atoms with Gasteiger partial charge in [-0.05, 0) is 67.9 Å². The van der Waals surface area contributed by atoms with Crippen molar-refractivity contribution in [3.63, 3.8) is 0 Å². The molecule has 24 heavy (non-hydrogen) atoms. The molecule has 2 aromatic carbocycles. The van der Waals surface area contributed by atoms with Gasteiger partial charge in [-0.1, -0.05) is 30.3 Å². The van der Waals surface area contributed by atoms with E-state index in [1.165, 1.54) is 16.5 Å². The maximum atomic E-state index is 6.12. The first-order chi connectivity index (χ1) is 11.4. The molecule has 1 aliphatic heterocycles. The molecule has 0 spiro atoms.